The van der Waals surface area contributed by atoms with Crippen LogP contribution in [0.3, 0.4) is 0 Å². The van der Waals surface area contributed by atoms with Crippen molar-refractivity contribution in [3.8, 4) is 5.82 Å². The Balaban J connectivity index is 0.00000136. The van der Waals surface area contributed by atoms with E-state index in [1.807, 2.05) is 13.8 Å². The minimum Gasteiger partial charge on any atom is -0.409 e. The van der Waals surface area contributed by atoms with Crippen molar-refractivity contribution in [1.82, 2.24) is 19.7 Å². The van der Waals surface area contributed by atoms with E-state index < -0.39 is 11.7 Å². The van der Waals surface area contributed by atoms with Crippen LogP contribution >= 0.6 is 0 Å². The first kappa shape index (κ1) is 20.7. The van der Waals surface area contributed by atoms with Crippen molar-refractivity contribution >= 4 is 17.2 Å². The average molecular weight is 393 g/mol. The maximum Gasteiger partial charge on any atom is 0.417 e. The molecule has 148 valence electrons. The Morgan fingerprint density at radius 2 is 1.82 bits per heavy atom. The van der Waals surface area contributed by atoms with Crippen LogP contribution in [0.15, 0.2) is 54.2 Å². The second-order valence-electron chi connectivity index (χ2n) is 5.12. The topological polar surface area (TPSA) is 114 Å². The minimum atomic E-state index is -4.44. The van der Waals surface area contributed by atoms with Crippen LogP contribution in [0, 0.1) is 0 Å². The second-order valence-corrected chi connectivity index (χ2v) is 5.12. The first-order valence-corrected chi connectivity index (χ1v) is 8.16. The number of hydrogen-bond acceptors (Lipinski definition) is 6. The fourth-order valence-electron chi connectivity index (χ4n) is 2.04. The number of nitrogens with two attached hydrogens (primary N) is 1. The van der Waals surface area contributed by atoms with Crippen molar-refractivity contribution in [2.24, 2.45) is 10.9 Å². The van der Waals surface area contributed by atoms with Gasteiger partial charge >= 0.3 is 6.18 Å². The normalized spacial score (nSPS) is 11.5. The molecule has 8 nitrogen and oxygen atoms in total. The van der Waals surface area contributed by atoms with Crippen LogP contribution < -0.4 is 11.1 Å². The van der Waals surface area contributed by atoms with Crippen LogP contribution in [0.4, 0.5) is 24.5 Å². The third kappa shape index (κ3) is 4.96. The van der Waals surface area contributed by atoms with Crippen molar-refractivity contribution in [1.29, 1.82) is 0 Å². The zero-order valence-electron chi connectivity index (χ0n) is 15.0. The van der Waals surface area contributed by atoms with Crippen molar-refractivity contribution in [3.63, 3.8) is 0 Å². The van der Waals surface area contributed by atoms with Crippen LogP contribution in [-0.2, 0) is 6.18 Å². The molecule has 0 unspecified atom stereocenters. The lowest BCUT2D eigenvalue weighted by atomic mass is 10.3. The molecule has 0 spiro atoms. The van der Waals surface area contributed by atoms with E-state index in [-0.39, 0.29) is 11.7 Å². The summed E-state index contributed by atoms with van der Waals surface area (Å²) >= 11 is 0. The summed E-state index contributed by atoms with van der Waals surface area (Å²) in [6.07, 6.45) is 0.830. The Bertz CT molecular complexity index is 919. The molecular formula is C17H18F3N7O. The Morgan fingerprint density at radius 3 is 2.36 bits per heavy atom. The van der Waals surface area contributed by atoms with Gasteiger partial charge in [0.15, 0.2) is 11.7 Å². The van der Waals surface area contributed by atoms with Crippen molar-refractivity contribution in [3.05, 3.63) is 60.3 Å². The lowest BCUT2D eigenvalue weighted by molar-refractivity contribution is -0.137. The van der Waals surface area contributed by atoms with Gasteiger partial charge in [-0.25, -0.2) is 9.67 Å². The fourth-order valence-corrected chi connectivity index (χ4v) is 2.04. The van der Waals surface area contributed by atoms with Gasteiger partial charge in [0, 0.05) is 6.20 Å². The third-order valence-electron chi connectivity index (χ3n) is 3.31. The third-order valence-corrected chi connectivity index (χ3v) is 3.31. The number of nitrogens with zero attached hydrogens (tertiary/aromatic N) is 5. The highest BCUT2D eigenvalue weighted by atomic mass is 19.4. The smallest absolute Gasteiger partial charge is 0.409 e. The number of oxime groups is 1. The van der Waals surface area contributed by atoms with Crippen LogP contribution in [0.25, 0.3) is 5.82 Å². The highest BCUT2D eigenvalue weighted by molar-refractivity contribution is 5.95. The number of pyridine rings is 2. The van der Waals surface area contributed by atoms with E-state index in [2.05, 4.69) is 25.5 Å². The first-order chi connectivity index (χ1) is 13.4. The monoisotopic (exact) mass is 393 g/mol. The molecule has 0 aliphatic carbocycles. The van der Waals surface area contributed by atoms with Gasteiger partial charge in [0.2, 0.25) is 0 Å². The molecule has 11 heteroatoms. The first-order valence-electron chi connectivity index (χ1n) is 8.16. The van der Waals surface area contributed by atoms with Gasteiger partial charge in [-0.1, -0.05) is 19.0 Å². The summed E-state index contributed by atoms with van der Waals surface area (Å²) in [5, 5.41) is 18.5. The highest BCUT2D eigenvalue weighted by Crippen LogP contribution is 2.28. The number of anilines is 2. The SMILES string of the molecule is CC.N/C(=N\O)c1ccc(Nc2cnn(-c3ccc(C(F)(F)F)cn3)c2)cn1. The van der Waals surface area contributed by atoms with Gasteiger partial charge in [0.05, 0.1) is 35.5 Å². The molecule has 0 radical (unpaired) electrons. The predicted molar refractivity (Wildman–Crippen MR) is 97.7 cm³/mol. The molecule has 3 rings (SSSR count). The van der Waals surface area contributed by atoms with Gasteiger partial charge in [-0.15, -0.1) is 0 Å². The molecule has 3 aromatic heterocycles. The average Bonchev–Trinajstić information content (AvgIpc) is 3.17. The van der Waals surface area contributed by atoms with E-state index in [4.69, 9.17) is 10.9 Å². The van der Waals surface area contributed by atoms with Crippen molar-refractivity contribution < 1.29 is 18.4 Å². The molecule has 0 amide bonds. The predicted octanol–water partition coefficient (Wildman–Crippen LogP) is 3.55. The molecule has 0 aliphatic rings. The molecule has 3 aromatic rings. The molecule has 3 heterocycles. The molecule has 0 aromatic carbocycles. The summed E-state index contributed by atoms with van der Waals surface area (Å²) in [7, 11) is 0. The van der Waals surface area contributed by atoms with Crippen LogP contribution in [0.1, 0.15) is 25.1 Å². The maximum absolute atomic E-state index is 12.6. The summed E-state index contributed by atoms with van der Waals surface area (Å²) in [6.45, 7) is 4.00. The Labute approximate surface area is 158 Å². The quantitative estimate of drug-likeness (QED) is 0.270. The zero-order valence-corrected chi connectivity index (χ0v) is 15.0. The second kappa shape index (κ2) is 8.84. The van der Waals surface area contributed by atoms with Crippen LogP contribution in [0.2, 0.25) is 0 Å². The molecule has 0 fully saturated rings. The molecule has 28 heavy (non-hydrogen) atoms. The van der Waals surface area contributed by atoms with Gasteiger partial charge in [-0.05, 0) is 24.3 Å². The number of nitrogens with one attached hydrogen (secondary N) is 1. The molecule has 0 atom stereocenters. The standard InChI is InChI=1S/C15H12F3N7O.C2H6/c16-15(17,18)9-1-4-13(21-5-9)25-8-11(7-22-25)23-10-2-3-12(20-6-10)14(19)24-26;1-2/h1-8,23,26H,(H2,19,24);1-2H3. The maximum atomic E-state index is 12.6. The van der Waals surface area contributed by atoms with E-state index in [1.165, 1.54) is 23.1 Å². The number of rotatable bonds is 4. The van der Waals surface area contributed by atoms with Gasteiger partial charge in [-0.3, -0.25) is 4.98 Å². The number of alkyl halides is 3. The molecule has 0 saturated heterocycles. The fraction of sp³-hybridized carbons (Fsp3) is 0.176. The summed E-state index contributed by atoms with van der Waals surface area (Å²) in [4.78, 5) is 7.78. The number of hydrogen-bond donors (Lipinski definition) is 3. The van der Waals surface area contributed by atoms with E-state index in [9.17, 15) is 13.2 Å². The number of amidine groups is 1. The number of aromatic nitrogens is 4. The molecule has 0 aliphatic heterocycles. The van der Waals surface area contributed by atoms with Gasteiger partial charge in [-0.2, -0.15) is 18.3 Å². The zero-order chi connectivity index (χ0) is 20.7. The van der Waals surface area contributed by atoms with Crippen LogP contribution in [-0.4, -0.2) is 30.8 Å². The Morgan fingerprint density at radius 1 is 1.07 bits per heavy atom. The van der Waals surface area contributed by atoms with E-state index in [0.29, 0.717) is 17.1 Å². The lowest BCUT2D eigenvalue weighted by Crippen LogP contribution is -2.14. The molecular weight excluding hydrogens is 375 g/mol. The Hall–Kier alpha value is -3.63. The molecule has 0 saturated carbocycles. The molecule has 0 bridgehead atoms. The van der Waals surface area contributed by atoms with Crippen molar-refractivity contribution in [2.75, 3.05) is 5.32 Å². The van der Waals surface area contributed by atoms with E-state index >= 15 is 0 Å². The molecule has 4 N–H and O–H groups in total. The van der Waals surface area contributed by atoms with Crippen LogP contribution in [0.5, 0.6) is 0 Å². The summed E-state index contributed by atoms with van der Waals surface area (Å²) in [5.74, 6) is 0.129. The van der Waals surface area contributed by atoms with Gasteiger partial charge < -0.3 is 16.3 Å². The van der Waals surface area contributed by atoms with E-state index in [0.717, 1.165) is 12.3 Å². The van der Waals surface area contributed by atoms with E-state index in [1.54, 1.807) is 18.3 Å². The number of halogens is 3. The summed E-state index contributed by atoms with van der Waals surface area (Å²) < 4.78 is 39.0. The van der Waals surface area contributed by atoms with Gasteiger partial charge in [0.1, 0.15) is 5.69 Å². The summed E-state index contributed by atoms with van der Waals surface area (Å²) in [5.41, 5.74) is 6.09. The Kier molecular flexibility index (Phi) is 6.53. The lowest BCUT2D eigenvalue weighted by Gasteiger charge is -2.06. The highest BCUT2D eigenvalue weighted by Gasteiger charge is 2.30. The largest absolute Gasteiger partial charge is 0.417 e. The van der Waals surface area contributed by atoms with Gasteiger partial charge in [0.25, 0.3) is 0 Å². The summed E-state index contributed by atoms with van der Waals surface area (Å²) in [6, 6.07) is 5.38. The minimum absolute atomic E-state index is 0.113. The van der Waals surface area contributed by atoms with Crippen molar-refractivity contribution in [2.45, 2.75) is 20.0 Å².